The topological polar surface area (TPSA) is 51.8 Å². The predicted octanol–water partition coefficient (Wildman–Crippen LogP) is 2.63. The number of halogens is 2. The van der Waals surface area contributed by atoms with E-state index in [-0.39, 0.29) is 0 Å². The molecule has 0 aliphatic rings. The van der Waals surface area contributed by atoms with E-state index >= 15 is 0 Å². The monoisotopic (exact) mass is 253 g/mol. The van der Waals surface area contributed by atoms with Crippen molar-refractivity contribution in [2.24, 2.45) is 0 Å². The van der Waals surface area contributed by atoms with Gasteiger partial charge < -0.3 is 5.73 Å². The molecule has 0 spiro atoms. The van der Waals surface area contributed by atoms with Crippen LogP contribution >= 0.6 is 11.8 Å². The Morgan fingerprint density at radius 2 is 1.88 bits per heavy atom. The number of aromatic nitrogens is 2. The largest absolute Gasteiger partial charge is 0.381 e. The Labute approximate surface area is 101 Å². The van der Waals surface area contributed by atoms with E-state index in [0.717, 1.165) is 12.1 Å². The summed E-state index contributed by atoms with van der Waals surface area (Å²) in [6.45, 7) is 0. The summed E-state index contributed by atoms with van der Waals surface area (Å²) in [5.74, 6) is -0.909. The minimum absolute atomic E-state index is 0.333. The number of nitrogens with two attached hydrogens (primary N) is 1. The second kappa shape index (κ2) is 5.09. The zero-order valence-electron chi connectivity index (χ0n) is 8.73. The fourth-order valence-electron chi connectivity index (χ4n) is 1.23. The first-order valence-corrected chi connectivity index (χ1v) is 5.78. The third-order valence-electron chi connectivity index (χ3n) is 2.05. The molecular weight excluding hydrogens is 244 g/mol. The van der Waals surface area contributed by atoms with Crippen LogP contribution in [0.4, 0.5) is 14.6 Å². The highest BCUT2D eigenvalue weighted by molar-refractivity contribution is 7.98. The minimum atomic E-state index is -0.852. The molecule has 2 aromatic rings. The van der Waals surface area contributed by atoms with Crippen LogP contribution in [0.15, 0.2) is 35.6 Å². The van der Waals surface area contributed by atoms with Crippen LogP contribution in [0, 0.1) is 11.6 Å². The highest BCUT2D eigenvalue weighted by atomic mass is 32.2. The van der Waals surface area contributed by atoms with Crippen LogP contribution in [0.1, 0.15) is 5.56 Å². The molecule has 0 saturated carbocycles. The smallest absolute Gasteiger partial charge is 0.159 e. The van der Waals surface area contributed by atoms with Gasteiger partial charge in [0.25, 0.3) is 0 Å². The van der Waals surface area contributed by atoms with Crippen LogP contribution in [0.5, 0.6) is 0 Å². The van der Waals surface area contributed by atoms with Gasteiger partial charge in [0.1, 0.15) is 5.03 Å². The van der Waals surface area contributed by atoms with E-state index in [2.05, 4.69) is 9.97 Å². The summed E-state index contributed by atoms with van der Waals surface area (Å²) in [5, 5.41) is 0.581. The molecule has 88 valence electrons. The van der Waals surface area contributed by atoms with E-state index in [4.69, 9.17) is 5.73 Å². The van der Waals surface area contributed by atoms with Crippen LogP contribution in [-0.4, -0.2) is 9.97 Å². The Morgan fingerprint density at radius 3 is 2.59 bits per heavy atom. The SMILES string of the molecule is Nc1nccnc1SCc1ccc(F)c(F)c1. The average molecular weight is 253 g/mol. The molecule has 0 atom stereocenters. The molecule has 6 heteroatoms. The van der Waals surface area contributed by atoms with Crippen molar-refractivity contribution >= 4 is 17.6 Å². The number of hydrogen-bond donors (Lipinski definition) is 1. The average Bonchev–Trinajstić information content (AvgIpc) is 2.32. The van der Waals surface area contributed by atoms with Crippen molar-refractivity contribution in [3.8, 4) is 0 Å². The standard InChI is InChI=1S/C11H9F2N3S/c12-8-2-1-7(5-9(8)13)6-17-11-10(14)15-3-4-16-11/h1-5H,6H2,(H2,14,15). The summed E-state index contributed by atoms with van der Waals surface area (Å²) >= 11 is 1.33. The molecule has 1 aromatic carbocycles. The van der Waals surface area contributed by atoms with Gasteiger partial charge in [-0.2, -0.15) is 0 Å². The predicted molar refractivity (Wildman–Crippen MR) is 62.4 cm³/mol. The first-order valence-electron chi connectivity index (χ1n) is 4.80. The van der Waals surface area contributed by atoms with Gasteiger partial charge in [-0.3, -0.25) is 0 Å². The first kappa shape index (κ1) is 11.8. The van der Waals surface area contributed by atoms with Gasteiger partial charge in [0.05, 0.1) is 0 Å². The number of nitrogen functional groups attached to an aromatic ring is 1. The van der Waals surface area contributed by atoms with E-state index < -0.39 is 11.6 Å². The summed E-state index contributed by atoms with van der Waals surface area (Å²) in [7, 11) is 0. The van der Waals surface area contributed by atoms with Crippen molar-refractivity contribution in [1.82, 2.24) is 9.97 Å². The molecule has 0 aliphatic heterocycles. The summed E-state index contributed by atoms with van der Waals surface area (Å²) < 4.78 is 25.6. The van der Waals surface area contributed by atoms with Gasteiger partial charge in [-0.25, -0.2) is 18.7 Å². The minimum Gasteiger partial charge on any atom is -0.381 e. The van der Waals surface area contributed by atoms with E-state index in [0.29, 0.717) is 22.2 Å². The van der Waals surface area contributed by atoms with E-state index in [1.807, 2.05) is 0 Å². The summed E-state index contributed by atoms with van der Waals surface area (Å²) in [5.41, 5.74) is 6.28. The number of rotatable bonds is 3. The maximum absolute atomic E-state index is 12.9. The van der Waals surface area contributed by atoms with Crippen LogP contribution in [0.25, 0.3) is 0 Å². The van der Waals surface area contributed by atoms with Gasteiger partial charge in [-0.05, 0) is 17.7 Å². The summed E-state index contributed by atoms with van der Waals surface area (Å²) in [6, 6.07) is 3.79. The van der Waals surface area contributed by atoms with Gasteiger partial charge >= 0.3 is 0 Å². The second-order valence-corrected chi connectivity index (χ2v) is 4.25. The fourth-order valence-corrected chi connectivity index (χ4v) is 2.05. The van der Waals surface area contributed by atoms with Crippen LogP contribution < -0.4 is 5.73 Å². The summed E-state index contributed by atoms with van der Waals surface area (Å²) in [6.07, 6.45) is 3.03. The van der Waals surface area contributed by atoms with E-state index in [9.17, 15) is 8.78 Å². The van der Waals surface area contributed by atoms with Crippen LogP contribution in [0.2, 0.25) is 0 Å². The maximum atomic E-state index is 12.9. The maximum Gasteiger partial charge on any atom is 0.159 e. The molecular formula is C11H9F2N3S. The highest BCUT2D eigenvalue weighted by Gasteiger charge is 2.05. The number of anilines is 1. The molecule has 1 heterocycles. The second-order valence-electron chi connectivity index (χ2n) is 3.28. The first-order chi connectivity index (χ1) is 8.16. The Hall–Kier alpha value is -1.69. The number of thioether (sulfide) groups is 1. The van der Waals surface area contributed by atoms with E-state index in [1.54, 1.807) is 0 Å². The third kappa shape index (κ3) is 2.91. The van der Waals surface area contributed by atoms with Crippen molar-refractivity contribution in [2.45, 2.75) is 10.8 Å². The number of benzene rings is 1. The molecule has 0 saturated heterocycles. The molecule has 0 fully saturated rings. The van der Waals surface area contributed by atoms with Gasteiger partial charge in [-0.15, -0.1) is 0 Å². The van der Waals surface area contributed by atoms with Gasteiger partial charge in [-0.1, -0.05) is 17.8 Å². The van der Waals surface area contributed by atoms with Crippen molar-refractivity contribution in [2.75, 3.05) is 5.73 Å². The molecule has 0 radical (unpaired) electrons. The molecule has 3 nitrogen and oxygen atoms in total. The molecule has 0 bridgehead atoms. The van der Waals surface area contributed by atoms with Crippen LogP contribution in [0.3, 0.4) is 0 Å². The molecule has 1 aromatic heterocycles. The Kier molecular flexibility index (Phi) is 3.53. The lowest BCUT2D eigenvalue weighted by molar-refractivity contribution is 0.507. The molecule has 0 unspecified atom stereocenters. The Morgan fingerprint density at radius 1 is 1.12 bits per heavy atom. The zero-order valence-corrected chi connectivity index (χ0v) is 9.55. The lowest BCUT2D eigenvalue weighted by atomic mass is 10.2. The molecule has 0 amide bonds. The van der Waals surface area contributed by atoms with Crippen molar-refractivity contribution in [1.29, 1.82) is 0 Å². The quantitative estimate of drug-likeness (QED) is 0.854. The van der Waals surface area contributed by atoms with Gasteiger partial charge in [0.2, 0.25) is 0 Å². The highest BCUT2D eigenvalue weighted by Crippen LogP contribution is 2.24. The Bertz CT molecular complexity index is 534. The number of nitrogens with zero attached hydrogens (tertiary/aromatic N) is 2. The lowest BCUT2D eigenvalue weighted by Crippen LogP contribution is -1.95. The van der Waals surface area contributed by atoms with Crippen molar-refractivity contribution in [3.05, 3.63) is 47.8 Å². The Balaban J connectivity index is 2.08. The molecule has 2 N–H and O–H groups in total. The molecule has 2 rings (SSSR count). The van der Waals surface area contributed by atoms with Crippen molar-refractivity contribution in [3.63, 3.8) is 0 Å². The molecule has 0 aliphatic carbocycles. The van der Waals surface area contributed by atoms with Crippen molar-refractivity contribution < 1.29 is 8.78 Å². The van der Waals surface area contributed by atoms with Crippen LogP contribution in [-0.2, 0) is 5.75 Å². The van der Waals surface area contributed by atoms with Gasteiger partial charge in [0.15, 0.2) is 17.5 Å². The van der Waals surface area contributed by atoms with Gasteiger partial charge in [0, 0.05) is 18.1 Å². The third-order valence-corrected chi connectivity index (χ3v) is 3.12. The number of hydrogen-bond acceptors (Lipinski definition) is 4. The fraction of sp³-hybridized carbons (Fsp3) is 0.0909. The zero-order chi connectivity index (χ0) is 12.3. The lowest BCUT2D eigenvalue weighted by Gasteiger charge is -2.03. The van der Waals surface area contributed by atoms with E-state index in [1.165, 1.54) is 30.2 Å². The summed E-state index contributed by atoms with van der Waals surface area (Å²) in [4.78, 5) is 7.92. The normalized spacial score (nSPS) is 10.5. The molecule has 17 heavy (non-hydrogen) atoms.